The van der Waals surface area contributed by atoms with Gasteiger partial charge in [-0.3, -0.25) is 10.1 Å². The molecule has 1 fully saturated rings. The zero-order valence-corrected chi connectivity index (χ0v) is 10.2. The molecule has 2 aromatic rings. The summed E-state index contributed by atoms with van der Waals surface area (Å²) in [6.45, 7) is 0. The van der Waals surface area contributed by atoms with Gasteiger partial charge in [-0.15, -0.1) is 0 Å². The molecule has 1 atom stereocenters. The number of fused-ring (bicyclic) bond motifs is 1. The molecule has 1 N–H and O–H groups in total. The molecule has 1 unspecified atom stereocenters. The van der Waals surface area contributed by atoms with Crippen LogP contribution in [-0.4, -0.2) is 19.1 Å². The topological polar surface area (TPSA) is 64.6 Å². The van der Waals surface area contributed by atoms with E-state index in [0.29, 0.717) is 11.3 Å². The second-order valence-electron chi connectivity index (χ2n) is 4.18. The number of carbonyl (C=O) groups is 2. The van der Waals surface area contributed by atoms with E-state index >= 15 is 0 Å². The van der Waals surface area contributed by atoms with Crippen molar-refractivity contribution < 1.29 is 19.1 Å². The quantitative estimate of drug-likeness (QED) is 0.895. The minimum absolute atomic E-state index is 0.473. The Balaban J connectivity index is 2.25. The molecule has 2 aromatic carbocycles. The molecule has 0 bridgehead atoms. The van der Waals surface area contributed by atoms with Crippen molar-refractivity contribution in [3.05, 3.63) is 42.0 Å². The number of benzene rings is 2. The summed E-state index contributed by atoms with van der Waals surface area (Å²) in [7, 11) is 1.52. The van der Waals surface area contributed by atoms with E-state index in [4.69, 9.17) is 9.47 Å². The Morgan fingerprint density at radius 3 is 2.63 bits per heavy atom. The fourth-order valence-electron chi connectivity index (χ4n) is 2.27. The highest BCUT2D eigenvalue weighted by Crippen LogP contribution is 2.36. The summed E-state index contributed by atoms with van der Waals surface area (Å²) in [6, 6.07) is 11.2. The summed E-state index contributed by atoms with van der Waals surface area (Å²) in [5.41, 5.74) is 0.573. The molecular weight excluding hydrogens is 246 g/mol. The zero-order valence-electron chi connectivity index (χ0n) is 10.2. The Bertz CT molecular complexity index is 680. The first-order chi connectivity index (χ1) is 9.20. The highest BCUT2D eigenvalue weighted by Gasteiger charge is 2.36. The van der Waals surface area contributed by atoms with E-state index in [0.717, 1.165) is 10.8 Å². The summed E-state index contributed by atoms with van der Waals surface area (Å²) < 4.78 is 10.3. The molecule has 1 aliphatic rings. The van der Waals surface area contributed by atoms with Gasteiger partial charge in [0.2, 0.25) is 6.10 Å². The van der Waals surface area contributed by atoms with Crippen LogP contribution < -0.4 is 10.1 Å². The van der Waals surface area contributed by atoms with E-state index in [-0.39, 0.29) is 0 Å². The van der Waals surface area contributed by atoms with E-state index in [1.165, 1.54) is 7.11 Å². The maximum atomic E-state index is 11.8. The smallest absolute Gasteiger partial charge is 0.415 e. The van der Waals surface area contributed by atoms with Crippen molar-refractivity contribution in [2.45, 2.75) is 6.10 Å². The Morgan fingerprint density at radius 1 is 1.16 bits per heavy atom. The number of hydrogen-bond acceptors (Lipinski definition) is 4. The SMILES string of the molecule is COc1ccc2ccccc2c1C1OC(=O)NC1=O. The number of imide groups is 1. The lowest BCUT2D eigenvalue weighted by Gasteiger charge is -2.14. The number of ether oxygens (including phenoxy) is 2. The maximum absolute atomic E-state index is 11.8. The standard InChI is InChI=1S/C14H11NO4/c1-18-10-7-6-8-4-2-3-5-9(8)11(10)12-13(16)15-14(17)19-12/h2-7,12H,1H3,(H,15,16,17). The fraction of sp³-hybridized carbons (Fsp3) is 0.143. The van der Waals surface area contributed by atoms with Crippen LogP contribution in [0.3, 0.4) is 0 Å². The molecule has 0 aromatic heterocycles. The van der Waals surface area contributed by atoms with Crippen molar-refractivity contribution in [2.75, 3.05) is 7.11 Å². The van der Waals surface area contributed by atoms with Gasteiger partial charge in [-0.05, 0) is 16.8 Å². The summed E-state index contributed by atoms with van der Waals surface area (Å²) in [5.74, 6) is 0.0493. The molecular formula is C14H11NO4. The third-order valence-electron chi connectivity index (χ3n) is 3.10. The average molecular weight is 257 g/mol. The first-order valence-corrected chi connectivity index (χ1v) is 5.78. The number of nitrogens with one attached hydrogen (secondary N) is 1. The number of amides is 2. The molecule has 1 saturated heterocycles. The number of carbonyl (C=O) groups excluding carboxylic acids is 2. The summed E-state index contributed by atoms with van der Waals surface area (Å²) in [4.78, 5) is 23.0. The van der Waals surface area contributed by atoms with Crippen LogP contribution in [-0.2, 0) is 9.53 Å². The molecule has 1 heterocycles. The van der Waals surface area contributed by atoms with Gasteiger partial charge in [0.05, 0.1) is 12.7 Å². The van der Waals surface area contributed by atoms with Gasteiger partial charge in [-0.25, -0.2) is 4.79 Å². The van der Waals surface area contributed by atoms with Gasteiger partial charge in [0.25, 0.3) is 5.91 Å². The van der Waals surface area contributed by atoms with Crippen molar-refractivity contribution in [1.82, 2.24) is 5.32 Å². The molecule has 0 aliphatic carbocycles. The number of methoxy groups -OCH3 is 1. The summed E-state index contributed by atoms with van der Waals surface area (Å²) in [5, 5.41) is 3.91. The van der Waals surface area contributed by atoms with Crippen LogP contribution in [0, 0.1) is 0 Å². The van der Waals surface area contributed by atoms with Gasteiger partial charge in [0.15, 0.2) is 0 Å². The summed E-state index contributed by atoms with van der Waals surface area (Å²) in [6.07, 6.45) is -1.70. The molecule has 0 saturated carbocycles. The molecule has 3 rings (SSSR count). The Labute approximate surface area is 109 Å². The van der Waals surface area contributed by atoms with Crippen LogP contribution in [0.15, 0.2) is 36.4 Å². The zero-order chi connectivity index (χ0) is 13.4. The van der Waals surface area contributed by atoms with Crippen LogP contribution in [0.2, 0.25) is 0 Å². The number of cyclic esters (lactones) is 1. The minimum atomic E-state index is -0.964. The highest BCUT2D eigenvalue weighted by atomic mass is 16.6. The second kappa shape index (κ2) is 4.28. The van der Waals surface area contributed by atoms with Gasteiger partial charge in [0, 0.05) is 0 Å². The monoisotopic (exact) mass is 257 g/mol. The normalized spacial score (nSPS) is 18.3. The van der Waals surface area contributed by atoms with E-state index in [2.05, 4.69) is 5.32 Å². The molecule has 2 amide bonds. The predicted molar refractivity (Wildman–Crippen MR) is 67.9 cm³/mol. The van der Waals surface area contributed by atoms with Gasteiger partial charge in [-0.2, -0.15) is 0 Å². The van der Waals surface area contributed by atoms with Crippen molar-refractivity contribution in [3.63, 3.8) is 0 Å². The van der Waals surface area contributed by atoms with Crippen LogP contribution >= 0.6 is 0 Å². The van der Waals surface area contributed by atoms with E-state index in [1.807, 2.05) is 30.3 Å². The van der Waals surface area contributed by atoms with Crippen molar-refractivity contribution >= 4 is 22.8 Å². The Hall–Kier alpha value is -2.56. The molecule has 0 spiro atoms. The van der Waals surface area contributed by atoms with Crippen LogP contribution in [0.25, 0.3) is 10.8 Å². The van der Waals surface area contributed by atoms with Gasteiger partial charge >= 0.3 is 6.09 Å². The van der Waals surface area contributed by atoms with Crippen LogP contribution in [0.1, 0.15) is 11.7 Å². The first-order valence-electron chi connectivity index (χ1n) is 5.78. The molecule has 1 aliphatic heterocycles. The van der Waals surface area contributed by atoms with Crippen molar-refractivity contribution in [2.24, 2.45) is 0 Å². The Kier molecular flexibility index (Phi) is 2.59. The predicted octanol–water partition coefficient (Wildman–Crippen LogP) is 2.16. The highest BCUT2D eigenvalue weighted by molar-refractivity contribution is 6.03. The third-order valence-corrected chi connectivity index (χ3v) is 3.10. The van der Waals surface area contributed by atoms with Gasteiger partial charge < -0.3 is 9.47 Å². The third kappa shape index (κ3) is 1.79. The van der Waals surface area contributed by atoms with Crippen molar-refractivity contribution in [1.29, 1.82) is 0 Å². The minimum Gasteiger partial charge on any atom is -0.496 e. The largest absolute Gasteiger partial charge is 0.496 e. The second-order valence-corrected chi connectivity index (χ2v) is 4.18. The molecule has 19 heavy (non-hydrogen) atoms. The first kappa shape index (κ1) is 11.5. The fourth-order valence-corrected chi connectivity index (χ4v) is 2.27. The molecule has 5 heteroatoms. The number of alkyl carbamates (subject to hydrolysis) is 1. The van der Waals surface area contributed by atoms with Crippen LogP contribution in [0.5, 0.6) is 5.75 Å². The van der Waals surface area contributed by atoms with Crippen molar-refractivity contribution in [3.8, 4) is 5.75 Å². The average Bonchev–Trinajstić information content (AvgIpc) is 2.76. The van der Waals surface area contributed by atoms with Crippen LogP contribution in [0.4, 0.5) is 4.79 Å². The lowest BCUT2D eigenvalue weighted by Crippen LogP contribution is -2.20. The molecule has 5 nitrogen and oxygen atoms in total. The number of rotatable bonds is 2. The Morgan fingerprint density at radius 2 is 1.95 bits per heavy atom. The van der Waals surface area contributed by atoms with Gasteiger partial charge in [-0.1, -0.05) is 30.3 Å². The van der Waals surface area contributed by atoms with E-state index < -0.39 is 18.1 Å². The number of hydrogen-bond donors (Lipinski definition) is 1. The lowest BCUT2D eigenvalue weighted by atomic mass is 9.99. The van der Waals surface area contributed by atoms with E-state index in [9.17, 15) is 9.59 Å². The molecule has 96 valence electrons. The summed E-state index contributed by atoms with van der Waals surface area (Å²) >= 11 is 0. The molecule has 0 radical (unpaired) electrons. The van der Waals surface area contributed by atoms with E-state index in [1.54, 1.807) is 6.07 Å². The lowest BCUT2D eigenvalue weighted by molar-refractivity contribution is -0.123. The van der Waals surface area contributed by atoms with Gasteiger partial charge in [0.1, 0.15) is 5.75 Å². The maximum Gasteiger partial charge on any atom is 0.415 e.